The molecule has 2 aliphatic carbocycles. The summed E-state index contributed by atoms with van der Waals surface area (Å²) < 4.78 is 0. The third kappa shape index (κ3) is 6.75. The van der Waals surface area contributed by atoms with Crippen molar-refractivity contribution in [2.75, 3.05) is 32.7 Å². The second kappa shape index (κ2) is 11.6. The number of halogens is 2. The Labute approximate surface area is 182 Å². The number of carbonyl (C=O) groups is 2. The highest BCUT2D eigenvalue weighted by Gasteiger charge is 2.40. The van der Waals surface area contributed by atoms with E-state index in [0.29, 0.717) is 25.7 Å². The van der Waals surface area contributed by atoms with Crippen LogP contribution in [0.25, 0.3) is 0 Å². The van der Waals surface area contributed by atoms with Gasteiger partial charge in [0.25, 0.3) is 0 Å². The van der Waals surface area contributed by atoms with Crippen LogP contribution in [-0.4, -0.2) is 65.9 Å². The Morgan fingerprint density at radius 2 is 1.57 bits per heavy atom. The van der Waals surface area contributed by atoms with Crippen LogP contribution >= 0.6 is 24.8 Å². The fraction of sp³-hybridized carbons (Fsp3) is 0.900. The number of piperazine rings is 1. The summed E-state index contributed by atoms with van der Waals surface area (Å²) in [5.41, 5.74) is 6.03. The van der Waals surface area contributed by atoms with Gasteiger partial charge in [-0.15, -0.1) is 24.8 Å². The summed E-state index contributed by atoms with van der Waals surface area (Å²) in [7, 11) is 0. The predicted octanol–water partition coefficient (Wildman–Crippen LogP) is 2.33. The van der Waals surface area contributed by atoms with E-state index >= 15 is 0 Å². The maximum Gasteiger partial charge on any atom is 0.234 e. The van der Waals surface area contributed by atoms with Crippen LogP contribution in [0.5, 0.6) is 0 Å². The fourth-order valence-electron chi connectivity index (χ4n) is 4.83. The third-order valence-electron chi connectivity index (χ3n) is 6.57. The Morgan fingerprint density at radius 1 is 0.964 bits per heavy atom. The Morgan fingerprint density at radius 3 is 2.18 bits per heavy atom. The lowest BCUT2D eigenvalue weighted by atomic mass is 9.74. The summed E-state index contributed by atoms with van der Waals surface area (Å²) in [4.78, 5) is 29.3. The van der Waals surface area contributed by atoms with Gasteiger partial charge in [-0.2, -0.15) is 0 Å². The van der Waals surface area contributed by atoms with Crippen LogP contribution in [0.2, 0.25) is 0 Å². The second-order valence-electron chi connectivity index (χ2n) is 8.81. The average Bonchev–Trinajstić information content (AvgIpc) is 2.62. The van der Waals surface area contributed by atoms with Gasteiger partial charge in [-0.05, 0) is 32.6 Å². The fourth-order valence-corrected chi connectivity index (χ4v) is 4.83. The minimum absolute atomic E-state index is 0. The summed E-state index contributed by atoms with van der Waals surface area (Å²) in [5.74, 6) is 0.317. The smallest absolute Gasteiger partial charge is 0.234 e. The average molecular weight is 437 g/mol. The van der Waals surface area contributed by atoms with Gasteiger partial charge in [0.05, 0.1) is 12.5 Å². The first-order valence-corrected chi connectivity index (χ1v) is 10.5. The molecule has 2 atom stereocenters. The molecule has 28 heavy (non-hydrogen) atoms. The maximum absolute atomic E-state index is 12.9. The summed E-state index contributed by atoms with van der Waals surface area (Å²) in [6, 6.07) is 0.368. The lowest BCUT2D eigenvalue weighted by molar-refractivity contribution is -0.140. The quantitative estimate of drug-likeness (QED) is 0.708. The topological polar surface area (TPSA) is 78.7 Å². The van der Waals surface area contributed by atoms with Crippen molar-refractivity contribution in [2.45, 2.75) is 76.3 Å². The van der Waals surface area contributed by atoms with Crippen molar-refractivity contribution in [3.05, 3.63) is 0 Å². The molecular weight excluding hydrogens is 399 g/mol. The summed E-state index contributed by atoms with van der Waals surface area (Å²) in [5, 5.41) is 3.18. The van der Waals surface area contributed by atoms with Crippen LogP contribution in [0, 0.1) is 5.92 Å². The number of nitrogens with one attached hydrogen (secondary N) is 1. The van der Waals surface area contributed by atoms with Crippen molar-refractivity contribution in [1.29, 1.82) is 0 Å². The van der Waals surface area contributed by atoms with E-state index < -0.39 is 0 Å². The highest BCUT2D eigenvalue weighted by molar-refractivity contribution is 5.85. The summed E-state index contributed by atoms with van der Waals surface area (Å²) >= 11 is 0. The van der Waals surface area contributed by atoms with Gasteiger partial charge in [0.2, 0.25) is 11.8 Å². The van der Waals surface area contributed by atoms with Crippen molar-refractivity contribution in [3.8, 4) is 0 Å². The molecule has 3 fully saturated rings. The van der Waals surface area contributed by atoms with Gasteiger partial charge in [0.1, 0.15) is 0 Å². The number of amides is 2. The Bertz CT molecular complexity index is 504. The molecule has 0 spiro atoms. The van der Waals surface area contributed by atoms with Crippen molar-refractivity contribution in [1.82, 2.24) is 15.1 Å². The first-order valence-electron chi connectivity index (χ1n) is 10.5. The molecule has 0 aromatic rings. The Balaban J connectivity index is 0.00000196. The van der Waals surface area contributed by atoms with Crippen molar-refractivity contribution in [3.63, 3.8) is 0 Å². The molecule has 2 unspecified atom stereocenters. The highest BCUT2D eigenvalue weighted by atomic mass is 35.5. The van der Waals surface area contributed by atoms with Crippen molar-refractivity contribution in [2.24, 2.45) is 11.7 Å². The van der Waals surface area contributed by atoms with E-state index in [1.807, 2.05) is 11.8 Å². The van der Waals surface area contributed by atoms with Crippen LogP contribution < -0.4 is 11.1 Å². The van der Waals surface area contributed by atoms with Gasteiger partial charge < -0.3 is 16.0 Å². The third-order valence-corrected chi connectivity index (χ3v) is 6.57. The Hall–Kier alpha value is -0.560. The number of nitrogens with zero attached hydrogens (tertiary/aromatic N) is 2. The normalized spacial score (nSPS) is 29.4. The lowest BCUT2D eigenvalue weighted by Gasteiger charge is -2.42. The van der Waals surface area contributed by atoms with Crippen LogP contribution in [-0.2, 0) is 9.59 Å². The van der Waals surface area contributed by atoms with Crippen LogP contribution in [0.1, 0.15) is 64.7 Å². The first kappa shape index (κ1) is 25.5. The summed E-state index contributed by atoms with van der Waals surface area (Å²) in [6.45, 7) is 5.46. The molecular formula is C20H38Cl2N4O2. The van der Waals surface area contributed by atoms with E-state index in [4.69, 9.17) is 5.73 Å². The molecule has 3 rings (SSSR count). The minimum atomic E-state index is -0.369. The molecule has 2 amide bonds. The zero-order valence-corrected chi connectivity index (χ0v) is 18.8. The summed E-state index contributed by atoms with van der Waals surface area (Å²) in [6.07, 6.45) is 10.1. The van der Waals surface area contributed by atoms with E-state index in [1.54, 1.807) is 0 Å². The zero-order valence-electron chi connectivity index (χ0n) is 17.2. The monoisotopic (exact) mass is 436 g/mol. The number of carbonyl (C=O) groups excluding carboxylic acids is 2. The molecule has 3 aliphatic rings. The molecule has 164 valence electrons. The highest BCUT2D eigenvalue weighted by Crippen LogP contribution is 2.33. The number of nitrogens with two attached hydrogens (primary N) is 1. The van der Waals surface area contributed by atoms with Gasteiger partial charge in [-0.3, -0.25) is 14.5 Å². The molecule has 1 heterocycles. The SMILES string of the molecule is CC1(N)CCCCC1C(=O)N1CCN(CC(=O)NC2CCCCC2)CC1.Cl.Cl. The van der Waals surface area contributed by atoms with Gasteiger partial charge in [-0.25, -0.2) is 0 Å². The number of rotatable bonds is 4. The van der Waals surface area contributed by atoms with Gasteiger partial charge in [-0.1, -0.05) is 32.1 Å². The molecule has 0 bridgehead atoms. The maximum atomic E-state index is 12.9. The predicted molar refractivity (Wildman–Crippen MR) is 117 cm³/mol. The second-order valence-corrected chi connectivity index (χ2v) is 8.81. The molecule has 6 nitrogen and oxygen atoms in total. The molecule has 3 N–H and O–H groups in total. The zero-order chi connectivity index (χ0) is 18.6. The van der Waals surface area contributed by atoms with Crippen LogP contribution in [0.3, 0.4) is 0 Å². The van der Waals surface area contributed by atoms with Crippen LogP contribution in [0.4, 0.5) is 0 Å². The van der Waals surface area contributed by atoms with E-state index in [1.165, 1.54) is 19.3 Å². The number of hydrogen-bond donors (Lipinski definition) is 2. The molecule has 2 saturated carbocycles. The van der Waals surface area contributed by atoms with Gasteiger partial charge in [0.15, 0.2) is 0 Å². The molecule has 0 aromatic heterocycles. The molecule has 0 aromatic carbocycles. The van der Waals surface area contributed by atoms with E-state index in [0.717, 1.165) is 51.6 Å². The van der Waals surface area contributed by atoms with E-state index in [9.17, 15) is 9.59 Å². The molecule has 0 radical (unpaired) electrons. The largest absolute Gasteiger partial charge is 0.352 e. The van der Waals surface area contributed by atoms with E-state index in [-0.39, 0.29) is 48.1 Å². The van der Waals surface area contributed by atoms with Gasteiger partial charge in [0, 0.05) is 37.8 Å². The van der Waals surface area contributed by atoms with Crippen LogP contribution in [0.15, 0.2) is 0 Å². The Kier molecular flexibility index (Phi) is 10.5. The molecule has 8 heteroatoms. The van der Waals surface area contributed by atoms with E-state index in [2.05, 4.69) is 10.2 Å². The standard InChI is InChI=1S/C20H36N4O2.2ClH/c1-20(21)10-6-5-9-17(20)19(26)24-13-11-23(12-14-24)15-18(25)22-16-7-3-2-4-8-16;;/h16-17H,2-15,21H2,1H3,(H,22,25);2*1H. The first-order chi connectivity index (χ1) is 12.5. The van der Waals surface area contributed by atoms with Gasteiger partial charge >= 0.3 is 0 Å². The number of hydrogen-bond acceptors (Lipinski definition) is 4. The minimum Gasteiger partial charge on any atom is -0.352 e. The van der Waals surface area contributed by atoms with Crippen molar-refractivity contribution < 1.29 is 9.59 Å². The molecule has 1 saturated heterocycles. The van der Waals surface area contributed by atoms with Crippen molar-refractivity contribution >= 4 is 36.6 Å². The molecule has 1 aliphatic heterocycles. The lowest BCUT2D eigenvalue weighted by Crippen LogP contribution is -2.58.